The van der Waals surface area contributed by atoms with Gasteiger partial charge in [-0.15, -0.1) is 0 Å². The summed E-state index contributed by atoms with van der Waals surface area (Å²) < 4.78 is 2.28. The molecular weight excluding hydrogens is 689 g/mol. The van der Waals surface area contributed by atoms with Gasteiger partial charge in [-0.1, -0.05) is 166 Å². The Labute approximate surface area is 334 Å². The van der Waals surface area contributed by atoms with Crippen LogP contribution in [0.25, 0.3) is 89.6 Å². The highest BCUT2D eigenvalue weighted by Gasteiger charge is 2.30. The lowest BCUT2D eigenvalue weighted by Crippen LogP contribution is -2.13. The summed E-state index contributed by atoms with van der Waals surface area (Å²) in [5, 5.41) is 5.19. The molecule has 272 valence electrons. The summed E-state index contributed by atoms with van der Waals surface area (Å²) in [5.74, 6) is 1.72. The Morgan fingerprint density at radius 3 is 2.07 bits per heavy atom. The summed E-state index contributed by atoms with van der Waals surface area (Å²) in [7, 11) is 0. The molecule has 2 atom stereocenters. The predicted octanol–water partition coefficient (Wildman–Crippen LogP) is 14.6. The smallest absolute Gasteiger partial charge is 0.145 e. The minimum atomic E-state index is 0.314. The Hall–Kier alpha value is -6.77. The van der Waals surface area contributed by atoms with Gasteiger partial charge in [-0.3, -0.25) is 4.57 Å². The zero-order chi connectivity index (χ0) is 38.0. The largest absolute Gasteiger partial charge is 0.292 e. The van der Waals surface area contributed by atoms with E-state index in [4.69, 9.17) is 4.98 Å². The molecule has 0 fully saturated rings. The minimum Gasteiger partial charge on any atom is -0.292 e. The van der Waals surface area contributed by atoms with Crippen LogP contribution >= 0.6 is 0 Å². The molecule has 2 heteroatoms. The molecule has 1 heterocycles. The van der Waals surface area contributed by atoms with Gasteiger partial charge < -0.3 is 0 Å². The third-order valence-corrected chi connectivity index (χ3v) is 12.5. The standard InChI is InChI=1S/C55H42N2/c1-35-15-12-18-39-19-14-26-46(52(35)39)54-45-24-9-8-23-44(45)53(43-25-13-17-37-16-6-7-22-42(37)43)49-34-47(36(2)33-48(49)54)38-29-31-40(32-30-38)55-56-50-27-10-11-28-51(50)57(55)41-20-4-3-5-21-41/h3-14,16-32,34-36H,15,33H2,1-2H3/t35-,36?/m0/s1. The van der Waals surface area contributed by atoms with Crippen molar-refractivity contribution in [3.8, 4) is 39.3 Å². The topological polar surface area (TPSA) is 17.8 Å². The molecule has 2 aliphatic rings. The second-order valence-electron chi connectivity index (χ2n) is 15.9. The molecule has 0 aliphatic heterocycles. The quantitative estimate of drug-likeness (QED) is 0.172. The molecule has 0 amide bonds. The fourth-order valence-corrected chi connectivity index (χ4v) is 9.89. The van der Waals surface area contributed by atoms with Gasteiger partial charge in [0.15, 0.2) is 0 Å². The van der Waals surface area contributed by atoms with E-state index in [1.165, 1.54) is 77.2 Å². The number of benzene rings is 8. The van der Waals surface area contributed by atoms with E-state index in [1.807, 2.05) is 0 Å². The average molecular weight is 731 g/mol. The molecule has 9 aromatic rings. The van der Waals surface area contributed by atoms with E-state index in [0.29, 0.717) is 11.8 Å². The first-order chi connectivity index (χ1) is 28.1. The van der Waals surface area contributed by atoms with Gasteiger partial charge in [0, 0.05) is 11.3 Å². The van der Waals surface area contributed by atoms with Crippen LogP contribution in [0.15, 0.2) is 170 Å². The Balaban J connectivity index is 1.15. The van der Waals surface area contributed by atoms with Gasteiger partial charge in [0.1, 0.15) is 5.82 Å². The van der Waals surface area contributed by atoms with Crippen LogP contribution in [0, 0.1) is 5.92 Å². The van der Waals surface area contributed by atoms with E-state index in [-0.39, 0.29) is 0 Å². The number of hydrogen-bond donors (Lipinski definition) is 0. The summed E-state index contributed by atoms with van der Waals surface area (Å²) in [5.41, 5.74) is 18.0. The van der Waals surface area contributed by atoms with Gasteiger partial charge in [0.05, 0.1) is 11.0 Å². The normalized spacial score (nSPS) is 16.1. The minimum absolute atomic E-state index is 0.314. The van der Waals surface area contributed by atoms with Gasteiger partial charge in [-0.05, 0) is 132 Å². The van der Waals surface area contributed by atoms with Crippen LogP contribution in [0.4, 0.5) is 0 Å². The van der Waals surface area contributed by atoms with E-state index in [1.54, 1.807) is 0 Å². The van der Waals surface area contributed by atoms with E-state index in [2.05, 4.69) is 200 Å². The maximum atomic E-state index is 5.16. The maximum absolute atomic E-state index is 5.16. The highest BCUT2D eigenvalue weighted by atomic mass is 15.1. The number of aromatic nitrogens is 2. The van der Waals surface area contributed by atoms with Crippen LogP contribution in [-0.2, 0) is 6.42 Å². The van der Waals surface area contributed by atoms with Gasteiger partial charge >= 0.3 is 0 Å². The van der Waals surface area contributed by atoms with Crippen LogP contribution < -0.4 is 0 Å². The molecule has 2 aliphatic carbocycles. The molecule has 0 saturated carbocycles. The molecule has 0 radical (unpaired) electrons. The molecule has 1 aromatic heterocycles. The molecule has 2 nitrogen and oxygen atoms in total. The molecule has 11 rings (SSSR count). The van der Waals surface area contributed by atoms with Gasteiger partial charge in [-0.25, -0.2) is 4.98 Å². The zero-order valence-electron chi connectivity index (χ0n) is 32.3. The van der Waals surface area contributed by atoms with Gasteiger partial charge in [-0.2, -0.15) is 0 Å². The fourth-order valence-electron chi connectivity index (χ4n) is 9.89. The Bertz CT molecular complexity index is 3080. The van der Waals surface area contributed by atoms with Crippen LogP contribution in [-0.4, -0.2) is 9.55 Å². The van der Waals surface area contributed by atoms with Crippen LogP contribution in [0.1, 0.15) is 54.0 Å². The predicted molar refractivity (Wildman–Crippen MR) is 242 cm³/mol. The molecule has 8 aromatic carbocycles. The van der Waals surface area contributed by atoms with Crippen molar-refractivity contribution in [1.82, 2.24) is 9.55 Å². The van der Waals surface area contributed by atoms with Crippen molar-refractivity contribution in [3.63, 3.8) is 0 Å². The van der Waals surface area contributed by atoms with E-state index in [0.717, 1.165) is 41.0 Å². The van der Waals surface area contributed by atoms with Crippen LogP contribution in [0.5, 0.6) is 0 Å². The Kier molecular flexibility index (Phi) is 7.93. The molecule has 0 N–H and O–H groups in total. The molecule has 57 heavy (non-hydrogen) atoms. The van der Waals surface area contributed by atoms with Crippen molar-refractivity contribution in [2.24, 2.45) is 5.92 Å². The molecular formula is C55H42N2. The van der Waals surface area contributed by atoms with Crippen molar-refractivity contribution in [1.29, 1.82) is 0 Å². The molecule has 0 spiro atoms. The van der Waals surface area contributed by atoms with Crippen molar-refractivity contribution in [2.45, 2.75) is 32.6 Å². The summed E-state index contributed by atoms with van der Waals surface area (Å²) in [6, 6.07) is 59.9. The highest BCUT2D eigenvalue weighted by Crippen LogP contribution is 2.51. The highest BCUT2D eigenvalue weighted by molar-refractivity contribution is 6.15. The summed E-state index contributed by atoms with van der Waals surface area (Å²) >= 11 is 0. The average Bonchev–Trinajstić information content (AvgIpc) is 3.65. The third kappa shape index (κ3) is 5.43. The van der Waals surface area contributed by atoms with Crippen LogP contribution in [0.2, 0.25) is 0 Å². The van der Waals surface area contributed by atoms with Crippen molar-refractivity contribution < 1.29 is 0 Å². The van der Waals surface area contributed by atoms with Crippen molar-refractivity contribution >= 4 is 50.3 Å². The Morgan fingerprint density at radius 1 is 0.561 bits per heavy atom. The molecule has 0 saturated heterocycles. The second kappa shape index (κ2) is 13.5. The fraction of sp³-hybridized carbons (Fsp3) is 0.109. The third-order valence-electron chi connectivity index (χ3n) is 12.5. The number of imidazole rings is 1. The zero-order valence-corrected chi connectivity index (χ0v) is 32.3. The number of para-hydroxylation sites is 3. The SMILES string of the molecule is CC1Cc2c(c(-c3cccc4ccccc34)c3ccccc3c2-c2cccc3c2[C@@H](C)CC=C3)C=C1c1ccc(-c2nc3ccccc3n2-c2ccccc2)cc1. The van der Waals surface area contributed by atoms with E-state index < -0.39 is 0 Å². The lowest BCUT2D eigenvalue weighted by Gasteiger charge is -2.31. The number of nitrogens with zero attached hydrogens (tertiary/aromatic N) is 2. The maximum Gasteiger partial charge on any atom is 0.145 e. The van der Waals surface area contributed by atoms with E-state index in [9.17, 15) is 0 Å². The lowest BCUT2D eigenvalue weighted by atomic mass is 9.72. The van der Waals surface area contributed by atoms with E-state index >= 15 is 0 Å². The second-order valence-corrected chi connectivity index (χ2v) is 15.9. The number of rotatable bonds is 5. The monoisotopic (exact) mass is 730 g/mol. The first-order valence-electron chi connectivity index (χ1n) is 20.3. The number of allylic oxidation sites excluding steroid dienone is 2. The molecule has 1 unspecified atom stereocenters. The summed E-state index contributed by atoms with van der Waals surface area (Å²) in [6.45, 7) is 4.81. The van der Waals surface area contributed by atoms with Crippen molar-refractivity contribution in [3.05, 3.63) is 198 Å². The number of fused-ring (bicyclic) bond motifs is 5. The molecule has 0 bridgehead atoms. The van der Waals surface area contributed by atoms with Gasteiger partial charge in [0.25, 0.3) is 0 Å². The number of hydrogen-bond acceptors (Lipinski definition) is 1. The first-order valence-corrected chi connectivity index (χ1v) is 20.3. The van der Waals surface area contributed by atoms with Gasteiger partial charge in [0.2, 0.25) is 0 Å². The summed E-state index contributed by atoms with van der Waals surface area (Å²) in [4.78, 5) is 5.16. The van der Waals surface area contributed by atoms with Crippen LogP contribution in [0.3, 0.4) is 0 Å². The van der Waals surface area contributed by atoms with Crippen molar-refractivity contribution in [2.75, 3.05) is 0 Å². The lowest BCUT2D eigenvalue weighted by molar-refractivity contribution is 0.738. The first kappa shape index (κ1) is 33.6. The summed E-state index contributed by atoms with van der Waals surface area (Å²) in [6.07, 6.45) is 9.24. The Morgan fingerprint density at radius 2 is 1.23 bits per heavy atom.